The number of ether oxygens (including phenoxy) is 1. The van der Waals surface area contributed by atoms with Crippen molar-refractivity contribution in [2.75, 3.05) is 20.3 Å². The van der Waals surface area contributed by atoms with E-state index in [9.17, 15) is 13.2 Å². The molecule has 1 aromatic rings. The molecule has 1 aromatic heterocycles. The van der Waals surface area contributed by atoms with E-state index in [0.29, 0.717) is 11.5 Å². The Kier molecular flexibility index (Phi) is 6.91. The van der Waals surface area contributed by atoms with Gasteiger partial charge in [-0.1, -0.05) is 13.8 Å². The van der Waals surface area contributed by atoms with Crippen LogP contribution >= 0.6 is 11.3 Å². The van der Waals surface area contributed by atoms with Crippen molar-refractivity contribution in [2.24, 2.45) is 5.92 Å². The Morgan fingerprint density at radius 3 is 2.65 bits per heavy atom. The first-order valence-corrected chi connectivity index (χ1v) is 7.45. The van der Waals surface area contributed by atoms with E-state index in [-0.39, 0.29) is 12.0 Å². The zero-order valence-corrected chi connectivity index (χ0v) is 12.8. The van der Waals surface area contributed by atoms with Crippen LogP contribution in [0.2, 0.25) is 0 Å². The van der Waals surface area contributed by atoms with Crippen molar-refractivity contribution in [2.45, 2.75) is 38.9 Å². The topological polar surface area (TPSA) is 34.1 Å². The van der Waals surface area contributed by atoms with Crippen LogP contribution in [0.1, 0.15) is 42.6 Å². The van der Waals surface area contributed by atoms with Crippen LogP contribution in [-0.2, 0) is 10.9 Å². The molecule has 0 aliphatic carbocycles. The van der Waals surface area contributed by atoms with Gasteiger partial charge in [-0.3, -0.25) is 0 Å². The highest BCUT2D eigenvalue weighted by molar-refractivity contribution is 7.11. The summed E-state index contributed by atoms with van der Waals surface area (Å²) in [6.07, 6.45) is -1.37. The Hall–Kier alpha value is -0.660. The molecule has 0 spiro atoms. The fourth-order valence-corrected chi connectivity index (χ4v) is 2.82. The van der Waals surface area contributed by atoms with E-state index in [1.807, 2.05) is 13.8 Å². The van der Waals surface area contributed by atoms with Crippen molar-refractivity contribution in [3.05, 3.63) is 16.1 Å². The number of methoxy groups -OCH3 is 1. The van der Waals surface area contributed by atoms with Gasteiger partial charge in [0.05, 0.1) is 0 Å². The summed E-state index contributed by atoms with van der Waals surface area (Å²) < 4.78 is 42.9. The molecule has 0 amide bonds. The maximum atomic E-state index is 12.6. The lowest BCUT2D eigenvalue weighted by atomic mass is 10.0. The number of aromatic nitrogens is 1. The van der Waals surface area contributed by atoms with Gasteiger partial charge in [0.1, 0.15) is 0 Å². The molecule has 0 bridgehead atoms. The lowest BCUT2D eigenvalue weighted by Crippen LogP contribution is -2.24. The van der Waals surface area contributed by atoms with Gasteiger partial charge in [0.25, 0.3) is 0 Å². The highest BCUT2D eigenvalue weighted by atomic mass is 32.1. The van der Waals surface area contributed by atoms with Gasteiger partial charge in [0, 0.05) is 30.8 Å². The normalized spacial score (nSPS) is 15.3. The van der Waals surface area contributed by atoms with E-state index in [0.717, 1.165) is 30.7 Å². The first-order chi connectivity index (χ1) is 9.38. The van der Waals surface area contributed by atoms with Crippen LogP contribution < -0.4 is 5.32 Å². The van der Waals surface area contributed by atoms with Crippen LogP contribution in [0.5, 0.6) is 0 Å². The average Bonchev–Trinajstić information content (AvgIpc) is 2.84. The number of nitrogens with one attached hydrogen (secondary N) is 1. The minimum Gasteiger partial charge on any atom is -0.384 e. The molecule has 0 aromatic carbocycles. The first-order valence-electron chi connectivity index (χ1n) is 6.63. The van der Waals surface area contributed by atoms with Gasteiger partial charge < -0.3 is 10.1 Å². The highest BCUT2D eigenvalue weighted by Gasteiger charge is 2.35. The standard InChI is InChI=1S/C13H21F3N2OS/c1-4-5-17-10(6-9(2)8-19-3)11-7-18-12(20-11)13(14,15)16/h7,9-10,17H,4-6,8H2,1-3H3. The monoisotopic (exact) mass is 310 g/mol. The number of thiazole rings is 1. The van der Waals surface area contributed by atoms with Crippen molar-refractivity contribution in [3.8, 4) is 0 Å². The molecule has 7 heteroatoms. The second-order valence-corrected chi connectivity index (χ2v) is 5.93. The number of nitrogens with zero attached hydrogens (tertiary/aromatic N) is 1. The van der Waals surface area contributed by atoms with Crippen LogP contribution in [0.15, 0.2) is 6.20 Å². The summed E-state index contributed by atoms with van der Waals surface area (Å²) in [6.45, 7) is 5.41. The third kappa shape index (κ3) is 5.38. The van der Waals surface area contributed by atoms with Crippen LogP contribution in [0, 0.1) is 5.92 Å². The van der Waals surface area contributed by atoms with Crippen LogP contribution in [0.25, 0.3) is 0 Å². The Labute approximate surface area is 121 Å². The molecular formula is C13H21F3N2OS. The zero-order valence-electron chi connectivity index (χ0n) is 12.0. The van der Waals surface area contributed by atoms with E-state index in [4.69, 9.17) is 4.74 Å². The van der Waals surface area contributed by atoms with E-state index in [2.05, 4.69) is 10.3 Å². The maximum absolute atomic E-state index is 12.6. The van der Waals surface area contributed by atoms with Gasteiger partial charge in [-0.05, 0) is 25.3 Å². The number of hydrogen-bond donors (Lipinski definition) is 1. The molecule has 3 nitrogen and oxygen atoms in total. The molecule has 1 heterocycles. The smallest absolute Gasteiger partial charge is 0.384 e. The molecule has 116 valence electrons. The van der Waals surface area contributed by atoms with Crippen LogP contribution in [0.4, 0.5) is 13.2 Å². The minimum absolute atomic E-state index is 0.103. The molecule has 2 unspecified atom stereocenters. The quantitative estimate of drug-likeness (QED) is 0.791. The maximum Gasteiger partial charge on any atom is 0.443 e. The van der Waals surface area contributed by atoms with Crippen molar-refractivity contribution < 1.29 is 17.9 Å². The van der Waals surface area contributed by atoms with Crippen molar-refractivity contribution in [1.82, 2.24) is 10.3 Å². The summed E-state index contributed by atoms with van der Waals surface area (Å²) in [6, 6.07) is -0.103. The lowest BCUT2D eigenvalue weighted by molar-refractivity contribution is -0.137. The van der Waals surface area contributed by atoms with Gasteiger partial charge in [-0.25, -0.2) is 4.98 Å². The molecular weight excluding hydrogens is 289 g/mol. The summed E-state index contributed by atoms with van der Waals surface area (Å²) >= 11 is 0.719. The molecule has 0 saturated heterocycles. The Bertz CT molecular complexity index is 395. The van der Waals surface area contributed by atoms with E-state index in [1.54, 1.807) is 7.11 Å². The first kappa shape index (κ1) is 17.4. The Morgan fingerprint density at radius 1 is 1.45 bits per heavy atom. The zero-order chi connectivity index (χ0) is 15.2. The summed E-state index contributed by atoms with van der Waals surface area (Å²) in [7, 11) is 1.62. The minimum atomic E-state index is -4.36. The summed E-state index contributed by atoms with van der Waals surface area (Å²) in [5.74, 6) is 0.269. The van der Waals surface area contributed by atoms with Gasteiger partial charge in [0.2, 0.25) is 0 Å². The van der Waals surface area contributed by atoms with Gasteiger partial charge >= 0.3 is 6.18 Å². The van der Waals surface area contributed by atoms with Crippen LogP contribution in [0.3, 0.4) is 0 Å². The SMILES string of the molecule is CCCNC(CC(C)COC)c1cnc(C(F)(F)F)s1. The van der Waals surface area contributed by atoms with Gasteiger partial charge in [-0.15, -0.1) is 11.3 Å². The molecule has 1 rings (SSSR count). The highest BCUT2D eigenvalue weighted by Crippen LogP contribution is 2.35. The Balaban J connectivity index is 2.79. The van der Waals surface area contributed by atoms with Crippen molar-refractivity contribution in [3.63, 3.8) is 0 Å². The third-order valence-corrected chi connectivity index (χ3v) is 4.00. The third-order valence-electron chi connectivity index (χ3n) is 2.84. The van der Waals surface area contributed by atoms with Gasteiger partial charge in [-0.2, -0.15) is 13.2 Å². The number of rotatable bonds is 8. The fraction of sp³-hybridized carbons (Fsp3) is 0.769. The molecule has 1 N–H and O–H groups in total. The second kappa shape index (κ2) is 7.95. The molecule has 0 aliphatic rings. The summed E-state index contributed by atoms with van der Waals surface area (Å²) in [4.78, 5) is 4.13. The van der Waals surface area contributed by atoms with E-state index in [1.165, 1.54) is 6.20 Å². The molecule has 2 atom stereocenters. The summed E-state index contributed by atoms with van der Waals surface area (Å²) in [5.41, 5.74) is 0. The Morgan fingerprint density at radius 2 is 2.15 bits per heavy atom. The number of hydrogen-bond acceptors (Lipinski definition) is 4. The molecule has 0 radical (unpaired) electrons. The molecule has 0 fully saturated rings. The van der Waals surface area contributed by atoms with Crippen molar-refractivity contribution >= 4 is 11.3 Å². The van der Waals surface area contributed by atoms with E-state index >= 15 is 0 Å². The van der Waals surface area contributed by atoms with E-state index < -0.39 is 11.2 Å². The second-order valence-electron chi connectivity index (χ2n) is 4.87. The largest absolute Gasteiger partial charge is 0.443 e. The molecule has 0 saturated carbocycles. The lowest BCUT2D eigenvalue weighted by Gasteiger charge is -2.20. The number of alkyl halides is 3. The number of halogens is 3. The molecule has 20 heavy (non-hydrogen) atoms. The van der Waals surface area contributed by atoms with Gasteiger partial charge in [0.15, 0.2) is 5.01 Å². The average molecular weight is 310 g/mol. The predicted molar refractivity (Wildman–Crippen MR) is 73.8 cm³/mol. The predicted octanol–water partition coefficient (Wildman–Crippen LogP) is 3.88. The molecule has 0 aliphatic heterocycles. The van der Waals surface area contributed by atoms with Crippen LogP contribution in [-0.4, -0.2) is 25.2 Å². The summed E-state index contributed by atoms with van der Waals surface area (Å²) in [5, 5.41) is 2.51. The fourth-order valence-electron chi connectivity index (χ4n) is 1.95. The van der Waals surface area contributed by atoms with Crippen molar-refractivity contribution in [1.29, 1.82) is 0 Å².